The van der Waals surface area contributed by atoms with Gasteiger partial charge in [-0.3, -0.25) is 9.59 Å². The van der Waals surface area contributed by atoms with E-state index in [0.29, 0.717) is 40.3 Å². The third-order valence-electron chi connectivity index (χ3n) is 4.94. The number of esters is 1. The van der Waals surface area contributed by atoms with Crippen molar-refractivity contribution in [3.8, 4) is 16.9 Å². The molecule has 0 atom stereocenters. The van der Waals surface area contributed by atoms with E-state index in [1.165, 1.54) is 12.1 Å². The molecule has 34 heavy (non-hydrogen) atoms. The highest BCUT2D eigenvalue weighted by Crippen LogP contribution is 2.33. The Morgan fingerprint density at radius 1 is 0.912 bits per heavy atom. The van der Waals surface area contributed by atoms with Crippen LogP contribution in [0, 0.1) is 0 Å². The molecule has 0 bridgehead atoms. The van der Waals surface area contributed by atoms with Crippen molar-refractivity contribution in [3.05, 3.63) is 83.4 Å². The summed E-state index contributed by atoms with van der Waals surface area (Å²) in [6.45, 7) is 4.14. The number of ether oxygens (including phenoxy) is 2. The minimum Gasteiger partial charge on any atom is -0.492 e. The third-order valence-corrected chi connectivity index (χ3v) is 4.94. The summed E-state index contributed by atoms with van der Waals surface area (Å²) >= 11 is 0. The number of amides is 1. The number of carbonyl (C=O) groups is 2. The molecule has 0 aliphatic rings. The molecule has 3 aromatic rings. The summed E-state index contributed by atoms with van der Waals surface area (Å²) in [6.07, 6.45) is -4.37. The van der Waals surface area contributed by atoms with E-state index in [2.05, 4.69) is 5.32 Å². The van der Waals surface area contributed by atoms with Gasteiger partial charge in [-0.25, -0.2) is 0 Å². The Morgan fingerprint density at radius 3 is 2.26 bits per heavy atom. The second-order valence-electron chi connectivity index (χ2n) is 7.32. The highest BCUT2D eigenvalue weighted by atomic mass is 19.4. The molecular formula is C26H24F3NO4. The predicted molar refractivity (Wildman–Crippen MR) is 123 cm³/mol. The number of benzene rings is 3. The van der Waals surface area contributed by atoms with Crippen LogP contribution in [0.5, 0.6) is 5.75 Å². The van der Waals surface area contributed by atoms with Crippen molar-refractivity contribution in [2.24, 2.45) is 0 Å². The number of alkyl halides is 3. The zero-order chi connectivity index (χ0) is 24.7. The molecule has 0 unspecified atom stereocenters. The monoisotopic (exact) mass is 471 g/mol. The minimum absolute atomic E-state index is 0.0683. The van der Waals surface area contributed by atoms with Crippen LogP contribution in [0.3, 0.4) is 0 Å². The molecule has 0 aliphatic heterocycles. The van der Waals surface area contributed by atoms with Crippen molar-refractivity contribution in [2.45, 2.75) is 26.4 Å². The molecule has 0 saturated heterocycles. The lowest BCUT2D eigenvalue weighted by Gasteiger charge is -2.15. The first-order valence-electron chi connectivity index (χ1n) is 10.7. The Labute approximate surface area is 195 Å². The molecular weight excluding hydrogens is 447 g/mol. The second-order valence-corrected chi connectivity index (χ2v) is 7.32. The summed E-state index contributed by atoms with van der Waals surface area (Å²) in [5, 5.41) is 2.80. The van der Waals surface area contributed by atoms with E-state index in [0.717, 1.165) is 12.1 Å². The summed E-state index contributed by atoms with van der Waals surface area (Å²) in [7, 11) is 0. The van der Waals surface area contributed by atoms with E-state index < -0.39 is 17.6 Å². The number of rotatable bonds is 8. The fourth-order valence-electron chi connectivity index (χ4n) is 3.39. The van der Waals surface area contributed by atoms with Crippen molar-refractivity contribution >= 4 is 17.6 Å². The van der Waals surface area contributed by atoms with Crippen molar-refractivity contribution in [1.29, 1.82) is 0 Å². The largest absolute Gasteiger partial charge is 0.492 e. The van der Waals surface area contributed by atoms with Gasteiger partial charge in [0.15, 0.2) is 0 Å². The quantitative estimate of drug-likeness (QED) is 0.402. The molecule has 3 aromatic carbocycles. The van der Waals surface area contributed by atoms with Crippen LogP contribution in [0.2, 0.25) is 0 Å². The van der Waals surface area contributed by atoms with Crippen molar-refractivity contribution in [1.82, 2.24) is 0 Å². The van der Waals surface area contributed by atoms with Gasteiger partial charge in [-0.15, -0.1) is 0 Å². The molecule has 8 heteroatoms. The van der Waals surface area contributed by atoms with Crippen LogP contribution in [0.25, 0.3) is 11.1 Å². The molecule has 1 amide bonds. The lowest BCUT2D eigenvalue weighted by atomic mass is 9.98. The third kappa shape index (κ3) is 6.15. The fourth-order valence-corrected chi connectivity index (χ4v) is 3.39. The van der Waals surface area contributed by atoms with E-state index in [-0.39, 0.29) is 19.0 Å². The maximum absolute atomic E-state index is 13.1. The first-order valence-corrected chi connectivity index (χ1v) is 10.7. The zero-order valence-corrected chi connectivity index (χ0v) is 18.7. The summed E-state index contributed by atoms with van der Waals surface area (Å²) in [5.41, 5.74) is 1.58. The standard InChI is InChI=1S/C26H24F3NO4/c1-3-33-23-15-17(16-24(31)34-4-2)9-14-22(23)30-25(32)21-8-6-5-7-20(21)18-10-12-19(13-11-18)26(27,28)29/h5-15H,3-4,16H2,1-2H3,(H,30,32). The number of hydrogen-bond donors (Lipinski definition) is 1. The van der Waals surface area contributed by atoms with Gasteiger partial charge in [0.2, 0.25) is 0 Å². The molecule has 0 aliphatic carbocycles. The number of carbonyl (C=O) groups excluding carboxylic acids is 2. The van der Waals surface area contributed by atoms with E-state index >= 15 is 0 Å². The molecule has 0 fully saturated rings. The number of halogens is 3. The molecule has 0 spiro atoms. The molecule has 3 rings (SSSR count). The van der Waals surface area contributed by atoms with Gasteiger partial charge in [0.25, 0.3) is 5.91 Å². The van der Waals surface area contributed by atoms with E-state index in [1.54, 1.807) is 56.3 Å². The Balaban J connectivity index is 1.87. The van der Waals surface area contributed by atoms with Crippen molar-refractivity contribution < 1.29 is 32.2 Å². The van der Waals surface area contributed by atoms with Crippen molar-refractivity contribution in [2.75, 3.05) is 18.5 Å². The van der Waals surface area contributed by atoms with Crippen LogP contribution in [-0.4, -0.2) is 25.1 Å². The smallest absolute Gasteiger partial charge is 0.416 e. The summed E-state index contributed by atoms with van der Waals surface area (Å²) < 4.78 is 49.3. The lowest BCUT2D eigenvalue weighted by Crippen LogP contribution is -2.15. The van der Waals surface area contributed by atoms with Gasteiger partial charge in [-0.05, 0) is 60.9 Å². The summed E-state index contributed by atoms with van der Waals surface area (Å²) in [5.74, 6) is -0.425. The topological polar surface area (TPSA) is 64.6 Å². The van der Waals surface area contributed by atoms with E-state index in [9.17, 15) is 22.8 Å². The van der Waals surface area contributed by atoms with Crippen LogP contribution in [0.15, 0.2) is 66.7 Å². The first-order chi connectivity index (χ1) is 16.2. The first kappa shape index (κ1) is 24.8. The van der Waals surface area contributed by atoms with Crippen LogP contribution in [-0.2, 0) is 22.1 Å². The van der Waals surface area contributed by atoms with Crippen molar-refractivity contribution in [3.63, 3.8) is 0 Å². The Hall–Kier alpha value is -3.81. The number of anilines is 1. The average molecular weight is 471 g/mol. The number of nitrogens with one attached hydrogen (secondary N) is 1. The highest BCUT2D eigenvalue weighted by Gasteiger charge is 2.30. The van der Waals surface area contributed by atoms with Gasteiger partial charge in [0.1, 0.15) is 5.75 Å². The molecule has 0 heterocycles. The highest BCUT2D eigenvalue weighted by molar-refractivity contribution is 6.09. The summed E-state index contributed by atoms with van der Waals surface area (Å²) in [6, 6.07) is 16.3. The van der Waals surface area contributed by atoms with E-state index in [4.69, 9.17) is 9.47 Å². The fraction of sp³-hybridized carbons (Fsp3) is 0.231. The maximum atomic E-state index is 13.1. The zero-order valence-electron chi connectivity index (χ0n) is 18.7. The van der Waals surface area contributed by atoms with Crippen LogP contribution in [0.4, 0.5) is 18.9 Å². The SMILES string of the molecule is CCOC(=O)Cc1ccc(NC(=O)c2ccccc2-c2ccc(C(F)(F)F)cc2)c(OCC)c1. The molecule has 0 aromatic heterocycles. The van der Waals surface area contributed by atoms with Crippen LogP contribution >= 0.6 is 0 Å². The molecule has 0 saturated carbocycles. The van der Waals surface area contributed by atoms with Gasteiger partial charge in [0, 0.05) is 5.56 Å². The van der Waals surface area contributed by atoms with Gasteiger partial charge in [-0.1, -0.05) is 36.4 Å². The lowest BCUT2D eigenvalue weighted by molar-refractivity contribution is -0.142. The van der Waals surface area contributed by atoms with Gasteiger partial charge in [0.05, 0.1) is 30.9 Å². The molecule has 5 nitrogen and oxygen atoms in total. The average Bonchev–Trinajstić information content (AvgIpc) is 2.80. The minimum atomic E-state index is -4.44. The molecule has 0 radical (unpaired) electrons. The van der Waals surface area contributed by atoms with Gasteiger partial charge in [-0.2, -0.15) is 13.2 Å². The Morgan fingerprint density at radius 2 is 1.62 bits per heavy atom. The summed E-state index contributed by atoms with van der Waals surface area (Å²) in [4.78, 5) is 24.9. The molecule has 1 N–H and O–H groups in total. The van der Waals surface area contributed by atoms with E-state index in [1.807, 2.05) is 0 Å². The predicted octanol–water partition coefficient (Wildman–Crippen LogP) is 6.13. The maximum Gasteiger partial charge on any atom is 0.416 e. The van der Waals surface area contributed by atoms with Crippen LogP contribution < -0.4 is 10.1 Å². The van der Waals surface area contributed by atoms with Crippen LogP contribution in [0.1, 0.15) is 35.3 Å². The Bertz CT molecular complexity index is 1160. The normalized spacial score (nSPS) is 11.1. The van der Waals surface area contributed by atoms with Gasteiger partial charge < -0.3 is 14.8 Å². The number of hydrogen-bond acceptors (Lipinski definition) is 4. The second kappa shape index (κ2) is 10.9. The Kier molecular flexibility index (Phi) is 7.94. The van der Waals surface area contributed by atoms with Gasteiger partial charge >= 0.3 is 12.1 Å². The molecule has 178 valence electrons.